The number of carbonyl (C=O) groups excluding carboxylic acids is 1. The first-order valence-electron chi connectivity index (χ1n) is 6.68. The Bertz CT molecular complexity index is 681. The molecule has 0 bridgehead atoms. The molecule has 0 aliphatic heterocycles. The molecule has 10 heteroatoms. The minimum atomic E-state index is -3.90. The van der Waals surface area contributed by atoms with Gasteiger partial charge in [-0.1, -0.05) is 24.4 Å². The van der Waals surface area contributed by atoms with Gasteiger partial charge in [0.25, 0.3) is 10.0 Å². The summed E-state index contributed by atoms with van der Waals surface area (Å²) in [6, 6.07) is 1.49. The Morgan fingerprint density at radius 3 is 2.64 bits per heavy atom. The molecule has 1 aliphatic carbocycles. The van der Waals surface area contributed by atoms with Gasteiger partial charge in [0.2, 0.25) is 5.91 Å². The molecule has 1 aromatic rings. The van der Waals surface area contributed by atoms with E-state index in [2.05, 4.69) is 15.4 Å². The second-order valence-corrected chi connectivity index (χ2v) is 8.73. The Kier molecular flexibility index (Phi) is 5.65. The number of nitrogens with one attached hydrogen (secondary N) is 3. The molecule has 0 atom stereocenters. The third-order valence-electron chi connectivity index (χ3n) is 3.16. The smallest absolute Gasteiger partial charge is 0.266 e. The van der Waals surface area contributed by atoms with Gasteiger partial charge in [-0.15, -0.1) is 11.3 Å². The fourth-order valence-corrected chi connectivity index (χ4v) is 5.39. The van der Waals surface area contributed by atoms with Crippen LogP contribution in [0.4, 0.5) is 5.00 Å². The summed E-state index contributed by atoms with van der Waals surface area (Å²) in [4.78, 5) is 11.1. The summed E-state index contributed by atoms with van der Waals surface area (Å²) in [7, 11) is -3.90. The summed E-state index contributed by atoms with van der Waals surface area (Å²) < 4.78 is 27.4. The molecule has 1 heterocycles. The number of rotatable bonds is 4. The van der Waals surface area contributed by atoms with E-state index in [0.717, 1.165) is 37.0 Å². The van der Waals surface area contributed by atoms with Gasteiger partial charge in [-0.2, -0.15) is 0 Å². The van der Waals surface area contributed by atoms with Crippen LogP contribution in [0.25, 0.3) is 0 Å². The van der Waals surface area contributed by atoms with Crippen LogP contribution in [0, 0.1) is 0 Å². The number of sulfonamides is 1. The first-order valence-corrected chi connectivity index (χ1v) is 9.77. The maximum absolute atomic E-state index is 12.4. The molecule has 3 N–H and O–H groups in total. The van der Waals surface area contributed by atoms with E-state index in [-0.39, 0.29) is 31.3 Å². The Morgan fingerprint density at radius 1 is 1.41 bits per heavy atom. The van der Waals surface area contributed by atoms with E-state index in [9.17, 15) is 13.2 Å². The predicted octanol–water partition coefficient (Wildman–Crippen LogP) is 2.46. The van der Waals surface area contributed by atoms with Crippen molar-refractivity contribution >= 4 is 61.2 Å². The second-order valence-electron chi connectivity index (χ2n) is 4.99. The number of hydrogen-bond acceptors (Lipinski definition) is 5. The van der Waals surface area contributed by atoms with Gasteiger partial charge in [0.05, 0.1) is 4.34 Å². The molecule has 1 fully saturated rings. The van der Waals surface area contributed by atoms with Gasteiger partial charge in [-0.25, -0.2) is 8.42 Å². The fourth-order valence-electron chi connectivity index (χ4n) is 2.25. The summed E-state index contributed by atoms with van der Waals surface area (Å²) >= 11 is 11.9. The lowest BCUT2D eigenvalue weighted by Crippen LogP contribution is -2.43. The zero-order valence-corrected chi connectivity index (χ0v) is 15.0. The zero-order valence-electron chi connectivity index (χ0n) is 11.8. The highest BCUT2D eigenvalue weighted by atomic mass is 35.5. The molecule has 0 unspecified atom stereocenters. The minimum Gasteiger partial charge on any atom is -0.359 e. The lowest BCUT2D eigenvalue weighted by atomic mass is 10.3. The van der Waals surface area contributed by atoms with E-state index in [1.807, 2.05) is 0 Å². The molecule has 1 aromatic heterocycles. The topological polar surface area (TPSA) is 87.3 Å². The minimum absolute atomic E-state index is 0.0583. The van der Waals surface area contributed by atoms with E-state index < -0.39 is 10.0 Å². The lowest BCUT2D eigenvalue weighted by Gasteiger charge is -2.15. The summed E-state index contributed by atoms with van der Waals surface area (Å²) in [6.45, 7) is 1.30. The van der Waals surface area contributed by atoms with Crippen LogP contribution in [-0.2, 0) is 14.8 Å². The van der Waals surface area contributed by atoms with Gasteiger partial charge in [-0.3, -0.25) is 9.52 Å². The average molecular weight is 382 g/mol. The van der Waals surface area contributed by atoms with Crippen molar-refractivity contribution in [2.24, 2.45) is 0 Å². The highest BCUT2D eigenvalue weighted by Crippen LogP contribution is 2.34. The Morgan fingerprint density at radius 2 is 2.05 bits per heavy atom. The van der Waals surface area contributed by atoms with Crippen LogP contribution >= 0.6 is 35.2 Å². The number of anilines is 1. The third-order valence-corrected chi connectivity index (χ3v) is 6.20. The summed E-state index contributed by atoms with van der Waals surface area (Å²) in [5.74, 6) is -0.373. The van der Waals surface area contributed by atoms with Crippen LogP contribution < -0.4 is 15.4 Å². The van der Waals surface area contributed by atoms with Crippen molar-refractivity contribution < 1.29 is 13.2 Å². The third kappa shape index (κ3) is 4.55. The van der Waals surface area contributed by atoms with E-state index in [0.29, 0.717) is 0 Å². The molecule has 0 radical (unpaired) electrons. The maximum Gasteiger partial charge on any atom is 0.266 e. The highest BCUT2D eigenvalue weighted by molar-refractivity contribution is 7.92. The van der Waals surface area contributed by atoms with Crippen LogP contribution in [0.15, 0.2) is 11.0 Å². The van der Waals surface area contributed by atoms with Crippen LogP contribution in [0.5, 0.6) is 0 Å². The Balaban J connectivity index is 2.12. The van der Waals surface area contributed by atoms with Crippen molar-refractivity contribution in [2.75, 3.05) is 5.32 Å². The van der Waals surface area contributed by atoms with E-state index in [1.165, 1.54) is 13.0 Å². The van der Waals surface area contributed by atoms with Gasteiger partial charge in [0.15, 0.2) is 5.11 Å². The largest absolute Gasteiger partial charge is 0.359 e. The van der Waals surface area contributed by atoms with E-state index >= 15 is 0 Å². The van der Waals surface area contributed by atoms with Crippen LogP contribution in [0.1, 0.15) is 32.6 Å². The first-order chi connectivity index (χ1) is 10.3. The lowest BCUT2D eigenvalue weighted by molar-refractivity contribution is -0.114. The zero-order chi connectivity index (χ0) is 16.3. The number of halogens is 1. The monoisotopic (exact) mass is 381 g/mol. The predicted molar refractivity (Wildman–Crippen MR) is 91.9 cm³/mol. The SMILES string of the molecule is CC(=O)Nc1sc(Cl)cc1S(=O)(=O)NC(=S)NC1CCCC1. The van der Waals surface area contributed by atoms with Crippen molar-refractivity contribution in [1.82, 2.24) is 10.0 Å². The molecular weight excluding hydrogens is 366 g/mol. The second kappa shape index (κ2) is 7.12. The van der Waals surface area contributed by atoms with Gasteiger partial charge in [-0.05, 0) is 31.1 Å². The van der Waals surface area contributed by atoms with Gasteiger partial charge < -0.3 is 10.6 Å². The van der Waals surface area contributed by atoms with Crippen LogP contribution in [0.3, 0.4) is 0 Å². The van der Waals surface area contributed by atoms with Gasteiger partial charge >= 0.3 is 0 Å². The molecule has 2 rings (SSSR count). The highest BCUT2D eigenvalue weighted by Gasteiger charge is 2.25. The number of carbonyl (C=O) groups is 1. The molecule has 0 saturated heterocycles. The summed E-state index contributed by atoms with van der Waals surface area (Å²) in [5, 5.41) is 5.69. The van der Waals surface area contributed by atoms with Gasteiger partial charge in [0, 0.05) is 13.0 Å². The summed E-state index contributed by atoms with van der Waals surface area (Å²) in [6.07, 6.45) is 4.17. The molecule has 0 aromatic carbocycles. The molecule has 1 aliphatic rings. The number of thiophene rings is 1. The Labute approximate surface area is 143 Å². The van der Waals surface area contributed by atoms with Crippen molar-refractivity contribution in [3.8, 4) is 0 Å². The molecule has 1 amide bonds. The summed E-state index contributed by atoms with van der Waals surface area (Å²) in [5.41, 5.74) is 0. The van der Waals surface area contributed by atoms with Crippen molar-refractivity contribution in [3.05, 3.63) is 10.4 Å². The number of amides is 1. The van der Waals surface area contributed by atoms with Gasteiger partial charge in [0.1, 0.15) is 9.90 Å². The van der Waals surface area contributed by atoms with Crippen molar-refractivity contribution in [3.63, 3.8) is 0 Å². The quantitative estimate of drug-likeness (QED) is 0.697. The fraction of sp³-hybridized carbons (Fsp3) is 0.500. The van der Waals surface area contributed by atoms with Crippen LogP contribution in [-0.4, -0.2) is 25.5 Å². The standard InChI is InChI=1S/C12H16ClN3O3S3/c1-7(17)14-11-9(6-10(13)21-11)22(18,19)16-12(20)15-8-4-2-3-5-8/h6,8H,2-5H2,1H3,(H,14,17)(H2,15,16,20). The molecule has 22 heavy (non-hydrogen) atoms. The maximum atomic E-state index is 12.4. The molecule has 1 saturated carbocycles. The molecule has 6 nitrogen and oxygen atoms in total. The van der Waals surface area contributed by atoms with Crippen molar-refractivity contribution in [1.29, 1.82) is 0 Å². The normalized spacial score (nSPS) is 15.5. The van der Waals surface area contributed by atoms with Crippen molar-refractivity contribution in [2.45, 2.75) is 43.5 Å². The average Bonchev–Trinajstić information content (AvgIpc) is 2.97. The number of thiocarbonyl (C=S) groups is 1. The Hall–Kier alpha value is -0.900. The first kappa shape index (κ1) is 17.5. The van der Waals surface area contributed by atoms with E-state index in [1.54, 1.807) is 0 Å². The molecular formula is C12H16ClN3O3S3. The number of hydrogen-bond donors (Lipinski definition) is 3. The molecule has 0 spiro atoms. The molecule has 122 valence electrons. The van der Waals surface area contributed by atoms with Crippen LogP contribution in [0.2, 0.25) is 4.34 Å². The van der Waals surface area contributed by atoms with E-state index in [4.69, 9.17) is 23.8 Å².